The summed E-state index contributed by atoms with van der Waals surface area (Å²) in [4.78, 5) is 14.5. The Morgan fingerprint density at radius 1 is 1.04 bits per heavy atom. The number of esters is 1. The van der Waals surface area contributed by atoms with Crippen molar-refractivity contribution < 1.29 is 31.9 Å². The van der Waals surface area contributed by atoms with Crippen LogP contribution in [-0.4, -0.2) is 42.9 Å². The van der Waals surface area contributed by atoms with E-state index >= 15 is 0 Å². The zero-order valence-electron chi connectivity index (χ0n) is 16.9. The zero-order chi connectivity index (χ0) is 18.1. The highest BCUT2D eigenvalue weighted by Crippen LogP contribution is 2.42. The number of quaternary nitrogens is 1. The van der Waals surface area contributed by atoms with Gasteiger partial charge >= 0.3 is 5.97 Å². The van der Waals surface area contributed by atoms with Crippen molar-refractivity contribution in [3.05, 3.63) is 0 Å². The van der Waals surface area contributed by atoms with E-state index in [-0.39, 0.29) is 24.3 Å². The van der Waals surface area contributed by atoms with Crippen molar-refractivity contribution in [1.29, 1.82) is 0 Å². The van der Waals surface area contributed by atoms with E-state index in [0.717, 1.165) is 58.2 Å². The molecule has 154 valence electrons. The maximum absolute atomic E-state index is 13.0. The Morgan fingerprint density at radius 2 is 1.58 bits per heavy atom. The lowest BCUT2D eigenvalue weighted by molar-refractivity contribution is -0.896. The summed E-state index contributed by atoms with van der Waals surface area (Å²) in [6.45, 7) is 7.80. The third-order valence-electron chi connectivity index (χ3n) is 6.62. The molecule has 0 aromatic carbocycles. The average molecular weight is 390 g/mol. The normalized spacial score (nSPS) is 22.3. The molecule has 0 aromatic heterocycles. The lowest BCUT2D eigenvalue weighted by Crippen LogP contribution is -3.11. The Bertz CT molecular complexity index is 387. The molecule has 0 radical (unpaired) electrons. The van der Waals surface area contributed by atoms with E-state index in [2.05, 4.69) is 13.8 Å². The minimum Gasteiger partial charge on any atom is -1.00 e. The van der Waals surface area contributed by atoms with Gasteiger partial charge < -0.3 is 27.2 Å². The van der Waals surface area contributed by atoms with E-state index in [1.165, 1.54) is 37.0 Å². The summed E-state index contributed by atoms with van der Waals surface area (Å²) < 4.78 is 5.73. The van der Waals surface area contributed by atoms with Gasteiger partial charge in [0.2, 0.25) is 0 Å². The van der Waals surface area contributed by atoms with Gasteiger partial charge in [-0.25, -0.2) is 0 Å². The first kappa shape index (κ1) is 23.7. The number of halogens is 1. The molecule has 1 unspecified atom stereocenters. The molecule has 0 bridgehead atoms. The molecule has 0 heterocycles. The lowest BCUT2D eigenvalue weighted by Gasteiger charge is -2.41. The van der Waals surface area contributed by atoms with Gasteiger partial charge in [-0.1, -0.05) is 44.9 Å². The minimum absolute atomic E-state index is 0. The van der Waals surface area contributed by atoms with Crippen LogP contribution < -0.4 is 17.3 Å². The number of aliphatic hydroxyl groups is 1. The summed E-state index contributed by atoms with van der Waals surface area (Å²) in [5.74, 6) is -0.126. The maximum Gasteiger partial charge on any atom is 0.312 e. The van der Waals surface area contributed by atoms with Gasteiger partial charge in [0.25, 0.3) is 0 Å². The number of carbonyl (C=O) groups excluding carboxylic acids is 1. The number of hydrogen-bond acceptors (Lipinski definition) is 3. The number of rotatable bonds is 8. The molecule has 0 spiro atoms. The van der Waals surface area contributed by atoms with Gasteiger partial charge in [0, 0.05) is 0 Å². The van der Waals surface area contributed by atoms with Crippen LogP contribution in [0.4, 0.5) is 0 Å². The molecule has 2 saturated carbocycles. The van der Waals surface area contributed by atoms with Gasteiger partial charge in [-0.2, -0.15) is 0 Å². The second-order valence-corrected chi connectivity index (χ2v) is 8.27. The number of hydrogen-bond donors (Lipinski definition) is 2. The second-order valence-electron chi connectivity index (χ2n) is 8.27. The Balaban J connectivity index is 0.00000338. The molecule has 5 heteroatoms. The molecule has 2 rings (SSSR count). The first-order valence-corrected chi connectivity index (χ1v) is 10.8. The van der Waals surface area contributed by atoms with Crippen LogP contribution in [0.3, 0.4) is 0 Å². The van der Waals surface area contributed by atoms with Gasteiger partial charge in [0.1, 0.15) is 13.2 Å². The predicted molar refractivity (Wildman–Crippen MR) is 101 cm³/mol. The molecule has 2 aliphatic carbocycles. The molecular weight excluding hydrogens is 350 g/mol. The van der Waals surface area contributed by atoms with Gasteiger partial charge in [0.05, 0.1) is 24.6 Å². The van der Waals surface area contributed by atoms with Gasteiger partial charge in [-0.15, -0.1) is 0 Å². The maximum atomic E-state index is 13.0. The van der Waals surface area contributed by atoms with Crippen molar-refractivity contribution in [2.45, 2.75) is 90.1 Å². The van der Waals surface area contributed by atoms with Crippen molar-refractivity contribution in [1.82, 2.24) is 0 Å². The van der Waals surface area contributed by atoms with Crippen LogP contribution in [0.25, 0.3) is 0 Å². The minimum atomic E-state index is -0.827. The van der Waals surface area contributed by atoms with E-state index in [1.54, 1.807) is 0 Å². The predicted octanol–water partition coefficient (Wildman–Crippen LogP) is -0.260. The molecule has 4 nitrogen and oxygen atoms in total. The quantitative estimate of drug-likeness (QED) is 0.444. The molecular formula is C21H40ClNO3. The van der Waals surface area contributed by atoms with Crippen LogP contribution in [0.1, 0.15) is 84.5 Å². The van der Waals surface area contributed by atoms with Gasteiger partial charge in [-0.3, -0.25) is 4.79 Å². The van der Waals surface area contributed by atoms with E-state index in [9.17, 15) is 9.90 Å². The van der Waals surface area contributed by atoms with Gasteiger partial charge in [-0.05, 0) is 45.4 Å². The second kappa shape index (κ2) is 12.2. The van der Waals surface area contributed by atoms with Crippen LogP contribution >= 0.6 is 0 Å². The summed E-state index contributed by atoms with van der Waals surface area (Å²) in [7, 11) is 0. The topological polar surface area (TPSA) is 51.0 Å². The smallest absolute Gasteiger partial charge is 0.312 e. The molecule has 0 aliphatic heterocycles. The first-order chi connectivity index (χ1) is 12.1. The summed E-state index contributed by atoms with van der Waals surface area (Å²) in [5.41, 5.74) is -0.827. The number of ether oxygens (including phenoxy) is 1. The molecule has 0 aromatic rings. The van der Waals surface area contributed by atoms with Crippen LogP contribution in [-0.2, 0) is 9.53 Å². The highest BCUT2D eigenvalue weighted by Gasteiger charge is 2.47. The Kier molecular flexibility index (Phi) is 11.1. The molecule has 2 N–H and O–H groups in total. The largest absolute Gasteiger partial charge is 1.00 e. The van der Waals surface area contributed by atoms with E-state index in [0.29, 0.717) is 12.5 Å². The highest BCUT2D eigenvalue weighted by molar-refractivity contribution is 5.74. The Morgan fingerprint density at radius 3 is 2.12 bits per heavy atom. The SMILES string of the molecule is CC[NH+](CC)CCOC(=O)C(C1CCCCCC1)C1(O)CCCCC1.[Cl-]. The molecule has 26 heavy (non-hydrogen) atoms. The number of likely N-dealkylation sites (N-methyl/N-ethyl adjacent to an activating group) is 1. The van der Waals surface area contributed by atoms with Gasteiger partial charge in [0.15, 0.2) is 0 Å². The summed E-state index contributed by atoms with van der Waals surface area (Å²) in [6.07, 6.45) is 11.8. The van der Waals surface area contributed by atoms with E-state index in [4.69, 9.17) is 4.74 Å². The molecule has 0 saturated heterocycles. The fourth-order valence-corrected chi connectivity index (χ4v) is 4.96. The van der Waals surface area contributed by atoms with Crippen LogP contribution in [0.2, 0.25) is 0 Å². The number of carbonyl (C=O) groups is 1. The van der Waals surface area contributed by atoms with Crippen LogP contribution in [0.5, 0.6) is 0 Å². The Labute approximate surface area is 166 Å². The van der Waals surface area contributed by atoms with Crippen molar-refractivity contribution in [2.24, 2.45) is 11.8 Å². The van der Waals surface area contributed by atoms with Crippen molar-refractivity contribution in [3.8, 4) is 0 Å². The van der Waals surface area contributed by atoms with E-state index < -0.39 is 5.60 Å². The summed E-state index contributed by atoms with van der Waals surface area (Å²) in [5, 5.41) is 11.3. The van der Waals surface area contributed by atoms with Crippen molar-refractivity contribution in [2.75, 3.05) is 26.2 Å². The summed E-state index contributed by atoms with van der Waals surface area (Å²) >= 11 is 0. The third-order valence-corrected chi connectivity index (χ3v) is 6.62. The molecule has 0 amide bonds. The van der Waals surface area contributed by atoms with E-state index in [1.807, 2.05) is 0 Å². The fourth-order valence-electron chi connectivity index (χ4n) is 4.96. The highest BCUT2D eigenvalue weighted by atomic mass is 35.5. The standard InChI is InChI=1S/C21H39NO3.ClH/c1-3-22(4-2)16-17-25-20(23)19(18-12-8-5-6-9-13-18)21(24)14-10-7-11-15-21;/h18-19,24H,3-17H2,1-2H3;1H. The molecule has 2 aliphatic rings. The third kappa shape index (κ3) is 6.69. The fraction of sp³-hybridized carbons (Fsp3) is 0.952. The lowest BCUT2D eigenvalue weighted by atomic mass is 9.68. The average Bonchev–Trinajstić information content (AvgIpc) is 2.88. The Hall–Kier alpha value is -0.320. The monoisotopic (exact) mass is 389 g/mol. The molecule has 2 fully saturated rings. The zero-order valence-corrected chi connectivity index (χ0v) is 17.7. The number of nitrogens with one attached hydrogen (secondary N) is 1. The van der Waals surface area contributed by atoms with Crippen molar-refractivity contribution in [3.63, 3.8) is 0 Å². The van der Waals surface area contributed by atoms with Crippen molar-refractivity contribution >= 4 is 5.97 Å². The molecule has 1 atom stereocenters. The van der Waals surface area contributed by atoms with Crippen LogP contribution in [0, 0.1) is 11.8 Å². The van der Waals surface area contributed by atoms with Crippen LogP contribution in [0.15, 0.2) is 0 Å². The first-order valence-electron chi connectivity index (χ1n) is 10.8. The summed E-state index contributed by atoms with van der Waals surface area (Å²) in [6, 6.07) is 0.